The zero-order valence-electron chi connectivity index (χ0n) is 8.30. The van der Waals surface area contributed by atoms with E-state index in [4.69, 9.17) is 16.0 Å². The summed E-state index contributed by atoms with van der Waals surface area (Å²) in [6.45, 7) is 4.39. The second-order valence-corrected chi connectivity index (χ2v) is 3.96. The molecule has 0 bridgehead atoms. The van der Waals surface area contributed by atoms with Crippen molar-refractivity contribution in [3.05, 3.63) is 23.1 Å². The molecule has 74 valence electrons. The van der Waals surface area contributed by atoms with E-state index in [1.807, 2.05) is 13.1 Å². The Labute approximate surface area is 84.3 Å². The molecule has 0 aromatic carbocycles. The average Bonchev–Trinajstić information content (AvgIpc) is 2.47. The molecule has 1 aromatic heterocycles. The first-order valence-electron chi connectivity index (χ1n) is 4.55. The summed E-state index contributed by atoms with van der Waals surface area (Å²) in [4.78, 5) is 0. The lowest BCUT2D eigenvalue weighted by Crippen LogP contribution is -2.17. The Kier molecular flexibility index (Phi) is 3.82. The van der Waals surface area contributed by atoms with Crippen molar-refractivity contribution in [1.29, 1.82) is 0 Å². The van der Waals surface area contributed by atoms with E-state index in [9.17, 15) is 0 Å². The number of hydrogen-bond donors (Lipinski definition) is 1. The fourth-order valence-electron chi connectivity index (χ4n) is 1.43. The van der Waals surface area contributed by atoms with Crippen LogP contribution >= 0.6 is 11.6 Å². The molecule has 0 radical (unpaired) electrons. The van der Waals surface area contributed by atoms with Crippen molar-refractivity contribution in [1.82, 2.24) is 5.32 Å². The smallest absolute Gasteiger partial charge is 0.197 e. The third-order valence-electron chi connectivity index (χ3n) is 2.08. The van der Waals surface area contributed by atoms with E-state index in [1.165, 1.54) is 0 Å². The second-order valence-electron chi connectivity index (χ2n) is 3.62. The van der Waals surface area contributed by atoms with E-state index in [1.54, 1.807) is 6.26 Å². The molecule has 0 aliphatic heterocycles. The van der Waals surface area contributed by atoms with Gasteiger partial charge in [0.15, 0.2) is 5.22 Å². The molecule has 3 heteroatoms. The minimum Gasteiger partial charge on any atom is -0.453 e. The van der Waals surface area contributed by atoms with Gasteiger partial charge in [0.2, 0.25) is 0 Å². The predicted octanol–water partition coefficient (Wildman–Crippen LogP) is 3.24. The first kappa shape index (κ1) is 10.6. The van der Waals surface area contributed by atoms with Gasteiger partial charge >= 0.3 is 0 Å². The lowest BCUT2D eigenvalue weighted by atomic mass is 9.99. The van der Waals surface area contributed by atoms with Crippen LogP contribution < -0.4 is 5.32 Å². The Morgan fingerprint density at radius 2 is 2.23 bits per heavy atom. The fraction of sp³-hybridized carbons (Fsp3) is 0.600. The Balaban J connectivity index is 2.72. The summed E-state index contributed by atoms with van der Waals surface area (Å²) in [5, 5.41) is 3.73. The third-order valence-corrected chi connectivity index (χ3v) is 2.38. The maximum Gasteiger partial charge on any atom is 0.197 e. The van der Waals surface area contributed by atoms with Crippen molar-refractivity contribution >= 4 is 11.6 Å². The van der Waals surface area contributed by atoms with Crippen LogP contribution in [0.15, 0.2) is 16.7 Å². The van der Waals surface area contributed by atoms with Crippen LogP contribution in [0.2, 0.25) is 5.22 Å². The quantitative estimate of drug-likeness (QED) is 0.809. The molecule has 0 fully saturated rings. The second kappa shape index (κ2) is 4.68. The van der Waals surface area contributed by atoms with Crippen LogP contribution in [0.5, 0.6) is 0 Å². The molecule has 13 heavy (non-hydrogen) atoms. The van der Waals surface area contributed by atoms with Gasteiger partial charge in [0.1, 0.15) is 0 Å². The Morgan fingerprint density at radius 3 is 2.62 bits per heavy atom. The molecular weight excluding hydrogens is 186 g/mol. The van der Waals surface area contributed by atoms with Crippen LogP contribution in [0.4, 0.5) is 0 Å². The highest BCUT2D eigenvalue weighted by Gasteiger charge is 2.15. The molecule has 1 atom stereocenters. The van der Waals surface area contributed by atoms with Crippen molar-refractivity contribution in [2.75, 3.05) is 7.05 Å². The molecule has 0 spiro atoms. The first-order chi connectivity index (χ1) is 6.15. The molecule has 0 amide bonds. The number of rotatable bonds is 4. The molecule has 1 N–H and O–H groups in total. The van der Waals surface area contributed by atoms with E-state index >= 15 is 0 Å². The highest BCUT2D eigenvalue weighted by atomic mass is 35.5. The van der Waals surface area contributed by atoms with Gasteiger partial charge in [-0.05, 0) is 37.1 Å². The molecule has 1 heterocycles. The van der Waals surface area contributed by atoms with Crippen LogP contribution in [-0.4, -0.2) is 7.05 Å². The highest BCUT2D eigenvalue weighted by Crippen LogP contribution is 2.27. The Bertz CT molecular complexity index is 257. The van der Waals surface area contributed by atoms with E-state index in [-0.39, 0.29) is 0 Å². The van der Waals surface area contributed by atoms with Crippen molar-refractivity contribution in [3.8, 4) is 0 Å². The zero-order chi connectivity index (χ0) is 9.84. The molecule has 1 aromatic rings. The van der Waals surface area contributed by atoms with Crippen molar-refractivity contribution in [3.63, 3.8) is 0 Å². The van der Waals surface area contributed by atoms with Crippen LogP contribution in [-0.2, 0) is 0 Å². The number of halogens is 1. The van der Waals surface area contributed by atoms with Gasteiger partial charge in [0.25, 0.3) is 0 Å². The molecule has 1 unspecified atom stereocenters. The van der Waals surface area contributed by atoms with E-state index < -0.39 is 0 Å². The lowest BCUT2D eigenvalue weighted by molar-refractivity contribution is 0.451. The largest absolute Gasteiger partial charge is 0.453 e. The summed E-state index contributed by atoms with van der Waals surface area (Å²) in [5.41, 5.74) is 1.05. The van der Waals surface area contributed by atoms with Crippen LogP contribution in [0.3, 0.4) is 0 Å². The van der Waals surface area contributed by atoms with E-state index in [2.05, 4.69) is 19.2 Å². The third kappa shape index (κ3) is 2.75. The molecular formula is C10H16ClNO. The Hall–Kier alpha value is -0.470. The monoisotopic (exact) mass is 201 g/mol. The number of nitrogens with one attached hydrogen (secondary N) is 1. The van der Waals surface area contributed by atoms with Gasteiger partial charge in [-0.2, -0.15) is 0 Å². The van der Waals surface area contributed by atoms with E-state index in [0.29, 0.717) is 17.2 Å². The van der Waals surface area contributed by atoms with Gasteiger partial charge in [0.05, 0.1) is 6.26 Å². The summed E-state index contributed by atoms with van der Waals surface area (Å²) in [6.07, 6.45) is 2.69. The minimum absolute atomic E-state index is 0.297. The summed E-state index contributed by atoms with van der Waals surface area (Å²) in [5.74, 6) is 0.642. The first-order valence-corrected chi connectivity index (χ1v) is 4.93. The molecule has 0 saturated carbocycles. The molecule has 0 saturated heterocycles. The summed E-state index contributed by atoms with van der Waals surface area (Å²) in [7, 11) is 1.94. The number of furan rings is 1. The summed E-state index contributed by atoms with van der Waals surface area (Å²) < 4.78 is 5.05. The maximum absolute atomic E-state index is 5.89. The lowest BCUT2D eigenvalue weighted by Gasteiger charge is -2.16. The topological polar surface area (TPSA) is 25.2 Å². The fourth-order valence-corrected chi connectivity index (χ4v) is 1.67. The summed E-state index contributed by atoms with van der Waals surface area (Å²) in [6, 6.07) is 2.22. The van der Waals surface area contributed by atoms with Gasteiger partial charge in [-0.25, -0.2) is 0 Å². The summed E-state index contributed by atoms with van der Waals surface area (Å²) >= 11 is 5.89. The molecule has 0 aliphatic carbocycles. The SMILES string of the molecule is CNC(CC(C)C)c1ccoc1Cl. The molecule has 1 rings (SSSR count). The van der Waals surface area contributed by atoms with Crippen molar-refractivity contribution < 1.29 is 4.42 Å². The molecule has 2 nitrogen and oxygen atoms in total. The normalized spacial score (nSPS) is 13.6. The van der Waals surface area contributed by atoms with Crippen LogP contribution in [0.25, 0.3) is 0 Å². The van der Waals surface area contributed by atoms with Gasteiger partial charge in [-0.3, -0.25) is 0 Å². The van der Waals surface area contributed by atoms with Crippen LogP contribution in [0, 0.1) is 5.92 Å². The van der Waals surface area contributed by atoms with Gasteiger partial charge in [0, 0.05) is 11.6 Å². The van der Waals surface area contributed by atoms with Gasteiger partial charge in [-0.1, -0.05) is 13.8 Å². The van der Waals surface area contributed by atoms with Gasteiger partial charge < -0.3 is 9.73 Å². The highest BCUT2D eigenvalue weighted by molar-refractivity contribution is 6.29. The zero-order valence-corrected chi connectivity index (χ0v) is 9.06. The van der Waals surface area contributed by atoms with Crippen molar-refractivity contribution in [2.24, 2.45) is 5.92 Å². The number of hydrogen-bond acceptors (Lipinski definition) is 2. The van der Waals surface area contributed by atoms with Gasteiger partial charge in [-0.15, -0.1) is 0 Å². The predicted molar refractivity (Wildman–Crippen MR) is 55.0 cm³/mol. The maximum atomic E-state index is 5.89. The van der Waals surface area contributed by atoms with Crippen molar-refractivity contribution in [2.45, 2.75) is 26.3 Å². The van der Waals surface area contributed by atoms with E-state index in [0.717, 1.165) is 12.0 Å². The minimum atomic E-state index is 0.297. The molecule has 0 aliphatic rings. The van der Waals surface area contributed by atoms with Crippen LogP contribution in [0.1, 0.15) is 31.9 Å². The average molecular weight is 202 g/mol. The Morgan fingerprint density at radius 1 is 1.54 bits per heavy atom. The standard InChI is InChI=1S/C10H16ClNO/c1-7(2)6-9(12-3)8-4-5-13-10(8)11/h4-5,7,9,12H,6H2,1-3H3.